The molecule has 1 rings (SSSR count). The van der Waals surface area contributed by atoms with Gasteiger partial charge in [-0.05, 0) is 24.6 Å². The van der Waals surface area contributed by atoms with Gasteiger partial charge in [-0.25, -0.2) is 0 Å². The zero-order valence-corrected chi connectivity index (χ0v) is 8.97. The van der Waals surface area contributed by atoms with Crippen LogP contribution in [0, 0.1) is 0 Å². The second-order valence-corrected chi connectivity index (χ2v) is 4.34. The van der Waals surface area contributed by atoms with E-state index >= 15 is 0 Å². The molecule has 1 aromatic carbocycles. The van der Waals surface area contributed by atoms with Crippen molar-refractivity contribution >= 4 is 11.6 Å². The van der Waals surface area contributed by atoms with Crippen LogP contribution < -0.4 is 0 Å². The molecule has 1 aromatic rings. The number of hydrogen-bond acceptors (Lipinski definition) is 1. The van der Waals surface area contributed by atoms with E-state index in [1.165, 1.54) is 0 Å². The van der Waals surface area contributed by atoms with Crippen molar-refractivity contribution in [3.8, 4) is 0 Å². The van der Waals surface area contributed by atoms with Gasteiger partial charge in [0.25, 0.3) is 0 Å². The molecule has 1 nitrogen and oxygen atoms in total. The summed E-state index contributed by atoms with van der Waals surface area (Å²) in [5, 5.41) is 10.3. The van der Waals surface area contributed by atoms with Crippen LogP contribution >= 0.6 is 11.6 Å². The van der Waals surface area contributed by atoms with Gasteiger partial charge < -0.3 is 5.11 Å². The minimum Gasteiger partial charge on any atom is -0.393 e. The molecule has 1 N–H and O–H groups in total. The molecular formula is C11H15ClO. The molecule has 2 heteroatoms. The first kappa shape index (κ1) is 10.6. The van der Waals surface area contributed by atoms with E-state index in [1.54, 1.807) is 6.92 Å². The topological polar surface area (TPSA) is 20.2 Å². The van der Waals surface area contributed by atoms with Crippen LogP contribution in [0.25, 0.3) is 0 Å². The summed E-state index contributed by atoms with van der Waals surface area (Å²) in [5.74, 6) is 0. The second-order valence-electron chi connectivity index (χ2n) is 3.91. The summed E-state index contributed by atoms with van der Waals surface area (Å²) in [4.78, 5) is 0. The van der Waals surface area contributed by atoms with Crippen LogP contribution in [0.5, 0.6) is 0 Å². The third-order valence-corrected chi connectivity index (χ3v) is 2.85. The number of halogens is 1. The molecular weight excluding hydrogens is 184 g/mol. The molecule has 0 aliphatic carbocycles. The average Bonchev–Trinajstić information content (AvgIpc) is 2.04. The molecule has 0 amide bonds. The normalized spacial score (nSPS) is 14.2. The minimum atomic E-state index is -0.383. The van der Waals surface area contributed by atoms with Gasteiger partial charge in [-0.1, -0.05) is 37.6 Å². The Morgan fingerprint density at radius 3 is 2.46 bits per heavy atom. The van der Waals surface area contributed by atoms with Crippen molar-refractivity contribution in [2.45, 2.75) is 32.3 Å². The van der Waals surface area contributed by atoms with Crippen molar-refractivity contribution in [1.29, 1.82) is 0 Å². The van der Waals surface area contributed by atoms with E-state index in [0.717, 1.165) is 5.56 Å². The Morgan fingerprint density at radius 1 is 1.38 bits per heavy atom. The highest BCUT2D eigenvalue weighted by Crippen LogP contribution is 2.28. The second kappa shape index (κ2) is 3.69. The lowest BCUT2D eigenvalue weighted by Gasteiger charge is -2.28. The number of aliphatic hydroxyl groups is 1. The van der Waals surface area contributed by atoms with Crippen molar-refractivity contribution < 1.29 is 5.11 Å². The Morgan fingerprint density at radius 2 is 2.00 bits per heavy atom. The zero-order chi connectivity index (χ0) is 10.1. The lowest BCUT2D eigenvalue weighted by atomic mass is 9.80. The van der Waals surface area contributed by atoms with Crippen LogP contribution in [0.4, 0.5) is 0 Å². The lowest BCUT2D eigenvalue weighted by Crippen LogP contribution is -2.30. The summed E-state index contributed by atoms with van der Waals surface area (Å²) >= 11 is 5.87. The summed E-state index contributed by atoms with van der Waals surface area (Å²) in [5.41, 5.74) is 0.820. The first-order valence-electron chi connectivity index (χ1n) is 4.38. The number of aliphatic hydroxyl groups excluding tert-OH is 1. The Balaban J connectivity index is 3.07. The third kappa shape index (κ3) is 2.23. The first-order chi connectivity index (χ1) is 5.94. The quantitative estimate of drug-likeness (QED) is 0.775. The highest BCUT2D eigenvalue weighted by Gasteiger charge is 2.26. The minimum absolute atomic E-state index is 0.245. The molecule has 0 aromatic heterocycles. The molecule has 0 spiro atoms. The maximum Gasteiger partial charge on any atom is 0.0603 e. The average molecular weight is 199 g/mol. The SMILES string of the molecule is CC(O)C(C)(C)c1cccc(Cl)c1. The monoisotopic (exact) mass is 198 g/mol. The Bertz CT molecular complexity index is 292. The van der Waals surface area contributed by atoms with E-state index in [0.29, 0.717) is 5.02 Å². The van der Waals surface area contributed by atoms with Crippen molar-refractivity contribution in [3.63, 3.8) is 0 Å². The summed E-state index contributed by atoms with van der Waals surface area (Å²) in [6, 6.07) is 7.62. The van der Waals surface area contributed by atoms with Crippen molar-refractivity contribution in [2.75, 3.05) is 0 Å². The van der Waals surface area contributed by atoms with Crippen LogP contribution in [0.2, 0.25) is 5.02 Å². The van der Waals surface area contributed by atoms with Gasteiger partial charge >= 0.3 is 0 Å². The standard InChI is InChI=1S/C11H15ClO/c1-8(13)11(2,3)9-5-4-6-10(12)7-9/h4-8,13H,1-3H3. The van der Waals surface area contributed by atoms with E-state index < -0.39 is 0 Å². The molecule has 0 fully saturated rings. The van der Waals surface area contributed by atoms with E-state index in [9.17, 15) is 5.11 Å². The fourth-order valence-electron chi connectivity index (χ4n) is 1.13. The summed E-state index contributed by atoms with van der Waals surface area (Å²) < 4.78 is 0. The molecule has 0 saturated carbocycles. The maximum atomic E-state index is 9.58. The predicted molar refractivity (Wildman–Crippen MR) is 56.2 cm³/mol. The van der Waals surface area contributed by atoms with Gasteiger partial charge in [-0.15, -0.1) is 0 Å². The molecule has 1 unspecified atom stereocenters. The Kier molecular flexibility index (Phi) is 2.99. The van der Waals surface area contributed by atoms with Crippen molar-refractivity contribution in [3.05, 3.63) is 34.9 Å². The molecule has 1 atom stereocenters. The molecule has 0 radical (unpaired) electrons. The number of hydrogen-bond donors (Lipinski definition) is 1. The summed E-state index contributed by atoms with van der Waals surface area (Å²) in [6.45, 7) is 5.80. The smallest absolute Gasteiger partial charge is 0.0603 e. The fraction of sp³-hybridized carbons (Fsp3) is 0.455. The number of benzene rings is 1. The van der Waals surface area contributed by atoms with E-state index in [-0.39, 0.29) is 11.5 Å². The Hall–Kier alpha value is -0.530. The molecule has 0 aliphatic heterocycles. The van der Waals surface area contributed by atoms with Gasteiger partial charge in [-0.2, -0.15) is 0 Å². The van der Waals surface area contributed by atoms with Crippen LogP contribution in [-0.2, 0) is 5.41 Å². The highest BCUT2D eigenvalue weighted by atomic mass is 35.5. The summed E-state index contributed by atoms with van der Waals surface area (Å²) in [6.07, 6.45) is -0.383. The van der Waals surface area contributed by atoms with Crippen LogP contribution in [0.3, 0.4) is 0 Å². The van der Waals surface area contributed by atoms with Gasteiger partial charge in [0, 0.05) is 10.4 Å². The van der Waals surface area contributed by atoms with Gasteiger partial charge in [0.05, 0.1) is 6.10 Å². The van der Waals surface area contributed by atoms with Gasteiger partial charge in [0.15, 0.2) is 0 Å². The van der Waals surface area contributed by atoms with E-state index in [4.69, 9.17) is 11.6 Å². The van der Waals surface area contributed by atoms with E-state index in [2.05, 4.69) is 0 Å². The molecule has 72 valence electrons. The van der Waals surface area contributed by atoms with Crippen LogP contribution in [0.15, 0.2) is 24.3 Å². The van der Waals surface area contributed by atoms with Crippen molar-refractivity contribution in [2.24, 2.45) is 0 Å². The van der Waals surface area contributed by atoms with Gasteiger partial charge in [0.1, 0.15) is 0 Å². The Labute approximate surface area is 84.4 Å². The molecule has 0 bridgehead atoms. The molecule has 13 heavy (non-hydrogen) atoms. The first-order valence-corrected chi connectivity index (χ1v) is 4.76. The van der Waals surface area contributed by atoms with Gasteiger partial charge in [0.2, 0.25) is 0 Å². The van der Waals surface area contributed by atoms with Gasteiger partial charge in [-0.3, -0.25) is 0 Å². The van der Waals surface area contributed by atoms with Crippen molar-refractivity contribution in [1.82, 2.24) is 0 Å². The molecule has 0 heterocycles. The van der Waals surface area contributed by atoms with Crippen LogP contribution in [0.1, 0.15) is 26.3 Å². The fourth-order valence-corrected chi connectivity index (χ4v) is 1.32. The highest BCUT2D eigenvalue weighted by molar-refractivity contribution is 6.30. The van der Waals surface area contributed by atoms with Crippen LogP contribution in [-0.4, -0.2) is 11.2 Å². The molecule has 0 aliphatic rings. The zero-order valence-electron chi connectivity index (χ0n) is 8.21. The third-order valence-electron chi connectivity index (χ3n) is 2.61. The summed E-state index contributed by atoms with van der Waals surface area (Å²) in [7, 11) is 0. The largest absolute Gasteiger partial charge is 0.393 e. The maximum absolute atomic E-state index is 9.58. The predicted octanol–water partition coefficient (Wildman–Crippen LogP) is 3.00. The lowest BCUT2D eigenvalue weighted by molar-refractivity contribution is 0.118. The van der Waals surface area contributed by atoms with E-state index in [1.807, 2.05) is 38.1 Å². The number of rotatable bonds is 2. The molecule has 0 saturated heterocycles.